The smallest absolute Gasteiger partial charge is 0.311 e. The van der Waals surface area contributed by atoms with Crippen molar-refractivity contribution >= 4 is 11.8 Å². The SMILES string of the molecule is CC[C@H]1OC(=O)[C@H](C)[C@@H](OC2CC(C)(OC)C(O)C(C)O2)[C@H](C)[C@@H](OC2OC(C)CC(=O)C2O)[C@](C)(O)C[C@@H](C)CN(C)[C@H](C)[C@@H](O)[C@]1(C)O. The van der Waals surface area contributed by atoms with Gasteiger partial charge in [0.1, 0.15) is 23.9 Å². The highest BCUT2D eigenvalue weighted by molar-refractivity contribution is 5.84. The number of likely N-dealkylation sites (N-methyl/N-ethyl adjacent to an activating group) is 1. The number of Topliss-reactive ketones (excluding diaryl/α,β-unsaturated/α-hetero) is 1. The molecule has 0 bridgehead atoms. The van der Waals surface area contributed by atoms with Gasteiger partial charge in [-0.05, 0) is 74.3 Å². The van der Waals surface area contributed by atoms with E-state index in [1.54, 1.807) is 62.4 Å². The van der Waals surface area contributed by atoms with Crippen LogP contribution in [-0.4, -0.2) is 147 Å². The Morgan fingerprint density at radius 2 is 1.54 bits per heavy atom. The number of hydrogen-bond acceptors (Lipinski definition) is 14. The van der Waals surface area contributed by atoms with Gasteiger partial charge >= 0.3 is 5.97 Å². The molecule has 0 aromatic heterocycles. The van der Waals surface area contributed by atoms with Crippen molar-refractivity contribution in [3.8, 4) is 0 Å². The fraction of sp³-hybridized carbons (Fsp3) is 0.944. The van der Waals surface area contributed by atoms with Crippen molar-refractivity contribution in [2.45, 2.75) is 179 Å². The van der Waals surface area contributed by atoms with Crippen LogP contribution in [-0.2, 0) is 38.0 Å². The molecule has 17 atom stereocenters. The standard InChI is InChI=1S/C36H65NO13/c1-13-25-36(10,44)29(40)22(6)37(11)17-18(2)15-34(8,43)31(50-33-27(39)24(38)14-19(3)46-33)20(4)28(21(5)32(42)48-25)49-26-16-35(9,45-12)30(41)23(7)47-26/h18-23,25-31,33,39-41,43-44H,13-17H2,1-12H3/t18-,19?,20+,21-,22-,23?,25-,26?,27?,28+,29-,30?,31-,33?,34-,35?,36-/m1/s1. The molecule has 7 unspecified atom stereocenters. The highest BCUT2D eigenvalue weighted by atomic mass is 16.7. The lowest BCUT2D eigenvalue weighted by Crippen LogP contribution is -2.59. The van der Waals surface area contributed by atoms with Crippen LogP contribution in [0.2, 0.25) is 0 Å². The highest BCUT2D eigenvalue weighted by Gasteiger charge is 2.52. The van der Waals surface area contributed by atoms with Gasteiger partial charge in [-0.25, -0.2) is 0 Å². The number of ketones is 1. The molecule has 0 aromatic carbocycles. The number of hydrogen-bond donors (Lipinski definition) is 5. The molecule has 3 rings (SSSR count). The Morgan fingerprint density at radius 3 is 2.12 bits per heavy atom. The molecule has 3 saturated heterocycles. The zero-order valence-electron chi connectivity index (χ0n) is 32.1. The largest absolute Gasteiger partial charge is 0.459 e. The minimum atomic E-state index is -1.82. The average molecular weight is 720 g/mol. The van der Waals surface area contributed by atoms with Gasteiger partial charge in [-0.3, -0.25) is 9.59 Å². The number of nitrogens with zero attached hydrogens (tertiary/aromatic N) is 1. The Labute approximate surface area is 297 Å². The van der Waals surface area contributed by atoms with Gasteiger partial charge in [0, 0.05) is 38.5 Å². The second-order valence-corrected chi connectivity index (χ2v) is 16.0. The molecule has 0 aromatic rings. The number of cyclic esters (lactones) is 1. The summed E-state index contributed by atoms with van der Waals surface area (Å²) in [5.41, 5.74) is -4.52. The summed E-state index contributed by atoms with van der Waals surface area (Å²) >= 11 is 0. The zero-order valence-corrected chi connectivity index (χ0v) is 32.1. The topological polar surface area (TPSA) is 194 Å². The number of carbonyl (C=O) groups is 2. The molecule has 0 aliphatic carbocycles. The van der Waals surface area contributed by atoms with Gasteiger partial charge in [-0.2, -0.15) is 0 Å². The van der Waals surface area contributed by atoms with Gasteiger partial charge in [-0.1, -0.05) is 20.8 Å². The Morgan fingerprint density at radius 1 is 0.920 bits per heavy atom. The summed E-state index contributed by atoms with van der Waals surface area (Å²) in [4.78, 5) is 28.6. The van der Waals surface area contributed by atoms with E-state index in [1.807, 2.05) is 11.8 Å². The molecule has 3 aliphatic rings. The quantitative estimate of drug-likeness (QED) is 0.248. The molecule has 0 spiro atoms. The first-order chi connectivity index (χ1) is 23.0. The van der Waals surface area contributed by atoms with Gasteiger partial charge in [0.2, 0.25) is 0 Å². The predicted octanol–water partition coefficient (Wildman–Crippen LogP) is 1.54. The number of methoxy groups -OCH3 is 1. The van der Waals surface area contributed by atoms with Crippen molar-refractivity contribution in [2.24, 2.45) is 17.8 Å². The van der Waals surface area contributed by atoms with Gasteiger partial charge < -0.3 is 58.9 Å². The lowest BCUT2D eigenvalue weighted by Gasteiger charge is -2.48. The fourth-order valence-corrected chi connectivity index (χ4v) is 8.10. The summed E-state index contributed by atoms with van der Waals surface area (Å²) in [7, 11) is 3.28. The minimum absolute atomic E-state index is 0.00332. The van der Waals surface area contributed by atoms with Crippen LogP contribution >= 0.6 is 0 Å². The van der Waals surface area contributed by atoms with Crippen molar-refractivity contribution in [3.05, 3.63) is 0 Å². The van der Waals surface area contributed by atoms with E-state index in [0.29, 0.717) is 6.54 Å². The molecule has 3 fully saturated rings. The molecule has 50 heavy (non-hydrogen) atoms. The Bertz CT molecular complexity index is 1140. The van der Waals surface area contributed by atoms with E-state index in [2.05, 4.69) is 0 Å². The Kier molecular flexibility index (Phi) is 14.5. The minimum Gasteiger partial charge on any atom is -0.459 e. The predicted molar refractivity (Wildman–Crippen MR) is 182 cm³/mol. The third-order valence-electron chi connectivity index (χ3n) is 11.4. The maximum Gasteiger partial charge on any atom is 0.311 e. The zero-order chi connectivity index (χ0) is 38.1. The van der Waals surface area contributed by atoms with E-state index >= 15 is 0 Å². The van der Waals surface area contributed by atoms with Crippen LogP contribution in [0.25, 0.3) is 0 Å². The van der Waals surface area contributed by atoms with Crippen LogP contribution in [0.15, 0.2) is 0 Å². The summed E-state index contributed by atoms with van der Waals surface area (Å²) < 4.78 is 36.6. The maximum atomic E-state index is 14.1. The van der Waals surface area contributed by atoms with Crippen molar-refractivity contribution in [1.29, 1.82) is 0 Å². The summed E-state index contributed by atoms with van der Waals surface area (Å²) in [5.74, 6) is -3.28. The second kappa shape index (κ2) is 16.8. The van der Waals surface area contributed by atoms with E-state index in [9.17, 15) is 35.1 Å². The summed E-state index contributed by atoms with van der Waals surface area (Å²) in [5, 5.41) is 57.1. The summed E-state index contributed by atoms with van der Waals surface area (Å²) in [6.45, 7) is 17.3. The molecule has 292 valence electrons. The molecule has 3 heterocycles. The molecule has 0 saturated carbocycles. The van der Waals surface area contributed by atoms with Crippen LogP contribution in [0.4, 0.5) is 0 Å². The monoisotopic (exact) mass is 719 g/mol. The fourth-order valence-electron chi connectivity index (χ4n) is 8.10. The van der Waals surface area contributed by atoms with Crippen molar-refractivity contribution in [1.82, 2.24) is 4.90 Å². The van der Waals surface area contributed by atoms with E-state index in [1.165, 1.54) is 14.0 Å². The third kappa shape index (κ3) is 9.43. The first-order valence-corrected chi connectivity index (χ1v) is 18.1. The van der Waals surface area contributed by atoms with Gasteiger partial charge in [-0.15, -0.1) is 0 Å². The lowest BCUT2D eigenvalue weighted by molar-refractivity contribution is -0.311. The summed E-state index contributed by atoms with van der Waals surface area (Å²) in [6.07, 6.45) is -10.4. The average Bonchev–Trinajstić information content (AvgIpc) is 3.03. The molecule has 3 aliphatic heterocycles. The first kappa shape index (κ1) is 43.1. The number of carbonyl (C=O) groups excluding carboxylic acids is 2. The maximum absolute atomic E-state index is 14.1. The number of esters is 1. The highest BCUT2D eigenvalue weighted by Crippen LogP contribution is 2.39. The van der Waals surface area contributed by atoms with E-state index in [4.69, 9.17) is 28.4 Å². The number of aliphatic hydroxyl groups is 5. The van der Waals surface area contributed by atoms with E-state index in [0.717, 1.165) is 0 Å². The molecular weight excluding hydrogens is 654 g/mol. The molecule has 14 heteroatoms. The van der Waals surface area contributed by atoms with E-state index < -0.39 is 108 Å². The van der Waals surface area contributed by atoms with Gasteiger partial charge in [0.15, 0.2) is 24.5 Å². The van der Waals surface area contributed by atoms with Crippen molar-refractivity contribution < 1.29 is 63.5 Å². The van der Waals surface area contributed by atoms with Crippen LogP contribution in [0.1, 0.15) is 94.9 Å². The lowest BCUT2D eigenvalue weighted by atomic mass is 9.77. The number of rotatable bonds is 6. The molecule has 0 radical (unpaired) electrons. The molecular formula is C36H65NO13. The molecule has 5 N–H and O–H groups in total. The van der Waals surface area contributed by atoms with Crippen LogP contribution < -0.4 is 0 Å². The van der Waals surface area contributed by atoms with Crippen molar-refractivity contribution in [2.75, 3.05) is 20.7 Å². The number of ether oxygens (including phenoxy) is 6. The van der Waals surface area contributed by atoms with Crippen LogP contribution in [0.3, 0.4) is 0 Å². The third-order valence-corrected chi connectivity index (χ3v) is 11.4. The van der Waals surface area contributed by atoms with E-state index in [-0.39, 0.29) is 31.6 Å². The van der Waals surface area contributed by atoms with Gasteiger partial charge in [0.05, 0.1) is 41.5 Å². The van der Waals surface area contributed by atoms with Crippen LogP contribution in [0, 0.1) is 17.8 Å². The Balaban J connectivity index is 2.16. The Hall–Kier alpha value is -1.30. The van der Waals surface area contributed by atoms with Crippen LogP contribution in [0.5, 0.6) is 0 Å². The molecule has 14 nitrogen and oxygen atoms in total. The first-order valence-electron chi connectivity index (χ1n) is 18.1. The number of aliphatic hydroxyl groups excluding tert-OH is 3. The molecule has 0 amide bonds. The normalized spacial score (nSPS) is 49.5. The second-order valence-electron chi connectivity index (χ2n) is 16.0. The summed E-state index contributed by atoms with van der Waals surface area (Å²) in [6, 6.07) is -0.566. The van der Waals surface area contributed by atoms with Crippen molar-refractivity contribution in [3.63, 3.8) is 0 Å². The van der Waals surface area contributed by atoms with Gasteiger partial charge in [0.25, 0.3) is 0 Å².